The minimum absolute atomic E-state index is 0.139. The molecule has 0 saturated carbocycles. The van der Waals surface area contributed by atoms with Gasteiger partial charge in [-0.05, 0) is 44.0 Å². The molecule has 0 amide bonds. The van der Waals surface area contributed by atoms with Gasteiger partial charge < -0.3 is 5.11 Å². The van der Waals surface area contributed by atoms with Crippen molar-refractivity contribution in [3.63, 3.8) is 0 Å². The molecule has 22 heavy (non-hydrogen) atoms. The van der Waals surface area contributed by atoms with Crippen molar-refractivity contribution >= 4 is 5.97 Å². The minimum atomic E-state index is -0.749. The van der Waals surface area contributed by atoms with Crippen LogP contribution < -0.4 is 0 Å². The van der Waals surface area contributed by atoms with Crippen molar-refractivity contribution in [1.82, 2.24) is 15.1 Å². The number of carbonyl (C=O) groups is 1. The zero-order valence-corrected chi connectivity index (χ0v) is 12.7. The number of rotatable bonds is 4. The second-order valence-electron chi connectivity index (χ2n) is 5.96. The van der Waals surface area contributed by atoms with E-state index in [1.807, 2.05) is 17.2 Å². The standard InChI is InChI=1S/C17H21N3O2/c1-12-4-2-3-5-14(12)15-10-18-19-17(15)13-6-8-20(9-7-13)11-16(21)22/h2-5,10,13H,6-9,11H2,1H3,(H,18,19)(H,21,22). The highest BCUT2D eigenvalue weighted by Crippen LogP contribution is 2.34. The zero-order chi connectivity index (χ0) is 15.5. The Hall–Kier alpha value is -2.14. The number of aromatic nitrogens is 2. The van der Waals surface area contributed by atoms with Gasteiger partial charge >= 0.3 is 5.97 Å². The molecule has 0 aliphatic carbocycles. The van der Waals surface area contributed by atoms with Crippen LogP contribution in [-0.4, -0.2) is 45.8 Å². The van der Waals surface area contributed by atoms with Gasteiger partial charge in [0.25, 0.3) is 0 Å². The Morgan fingerprint density at radius 3 is 2.73 bits per heavy atom. The molecule has 3 rings (SSSR count). The predicted molar refractivity (Wildman–Crippen MR) is 84.8 cm³/mol. The molecule has 5 heteroatoms. The third-order valence-electron chi connectivity index (χ3n) is 4.46. The first kappa shape index (κ1) is 14.8. The fourth-order valence-electron chi connectivity index (χ4n) is 3.27. The number of aryl methyl sites for hydroxylation is 1. The lowest BCUT2D eigenvalue weighted by molar-refractivity contribution is -0.138. The fourth-order valence-corrected chi connectivity index (χ4v) is 3.27. The normalized spacial score (nSPS) is 16.8. The van der Waals surface area contributed by atoms with Crippen LogP contribution in [0, 0.1) is 6.92 Å². The number of nitrogens with one attached hydrogen (secondary N) is 1. The number of aliphatic carboxylic acids is 1. The van der Waals surface area contributed by atoms with Gasteiger partial charge in [0.05, 0.1) is 12.7 Å². The molecule has 0 bridgehead atoms. The average molecular weight is 299 g/mol. The minimum Gasteiger partial charge on any atom is -0.480 e. The van der Waals surface area contributed by atoms with Crippen molar-refractivity contribution in [2.45, 2.75) is 25.7 Å². The predicted octanol–water partition coefficient (Wildman–Crippen LogP) is 2.65. The van der Waals surface area contributed by atoms with E-state index in [9.17, 15) is 4.79 Å². The van der Waals surface area contributed by atoms with Crippen molar-refractivity contribution < 1.29 is 9.90 Å². The number of hydrogen-bond donors (Lipinski definition) is 2. The molecule has 1 aromatic carbocycles. The van der Waals surface area contributed by atoms with Crippen molar-refractivity contribution in [1.29, 1.82) is 0 Å². The van der Waals surface area contributed by atoms with Crippen LogP contribution in [0.1, 0.15) is 30.0 Å². The lowest BCUT2D eigenvalue weighted by atomic mass is 9.88. The summed E-state index contributed by atoms with van der Waals surface area (Å²) in [5.74, 6) is -0.331. The van der Waals surface area contributed by atoms with Crippen molar-refractivity contribution in [2.24, 2.45) is 0 Å². The van der Waals surface area contributed by atoms with Crippen LogP contribution >= 0.6 is 0 Å². The van der Waals surface area contributed by atoms with Gasteiger partial charge in [0, 0.05) is 17.2 Å². The molecule has 116 valence electrons. The number of carboxylic acid groups (broad SMARTS) is 1. The average Bonchev–Trinajstić information content (AvgIpc) is 2.97. The Bertz CT molecular complexity index is 657. The molecule has 2 aromatic rings. The first-order chi connectivity index (χ1) is 10.6. The molecule has 0 radical (unpaired) electrons. The molecular formula is C17H21N3O2. The molecule has 0 spiro atoms. The lowest BCUT2D eigenvalue weighted by Crippen LogP contribution is -2.36. The Kier molecular flexibility index (Phi) is 4.24. The van der Waals surface area contributed by atoms with Gasteiger partial charge in [0.1, 0.15) is 0 Å². The van der Waals surface area contributed by atoms with E-state index in [0.29, 0.717) is 5.92 Å². The quantitative estimate of drug-likeness (QED) is 0.910. The highest BCUT2D eigenvalue weighted by Gasteiger charge is 2.25. The van der Waals surface area contributed by atoms with Crippen LogP contribution in [0.2, 0.25) is 0 Å². The maximum Gasteiger partial charge on any atom is 0.317 e. The van der Waals surface area contributed by atoms with E-state index in [0.717, 1.165) is 25.9 Å². The topological polar surface area (TPSA) is 69.2 Å². The zero-order valence-electron chi connectivity index (χ0n) is 12.7. The van der Waals surface area contributed by atoms with E-state index < -0.39 is 5.97 Å². The number of hydrogen-bond acceptors (Lipinski definition) is 3. The van der Waals surface area contributed by atoms with Crippen molar-refractivity contribution in [2.75, 3.05) is 19.6 Å². The fraction of sp³-hybridized carbons (Fsp3) is 0.412. The summed E-state index contributed by atoms with van der Waals surface area (Å²) in [6.45, 7) is 3.90. The summed E-state index contributed by atoms with van der Waals surface area (Å²) in [6, 6.07) is 8.34. The third-order valence-corrected chi connectivity index (χ3v) is 4.46. The Labute approximate surface area is 130 Å². The maximum absolute atomic E-state index is 10.8. The number of aromatic amines is 1. The summed E-state index contributed by atoms with van der Waals surface area (Å²) in [7, 11) is 0. The second kappa shape index (κ2) is 6.32. The third kappa shape index (κ3) is 3.04. The van der Waals surface area contributed by atoms with Crippen LogP contribution in [-0.2, 0) is 4.79 Å². The largest absolute Gasteiger partial charge is 0.480 e. The molecule has 1 fully saturated rings. The van der Waals surface area contributed by atoms with Gasteiger partial charge in [-0.1, -0.05) is 24.3 Å². The smallest absolute Gasteiger partial charge is 0.317 e. The SMILES string of the molecule is Cc1ccccc1-c1cn[nH]c1C1CCN(CC(=O)O)CC1. The molecule has 1 aromatic heterocycles. The number of benzene rings is 1. The Balaban J connectivity index is 1.77. The van der Waals surface area contributed by atoms with Crippen molar-refractivity contribution in [3.05, 3.63) is 41.7 Å². The summed E-state index contributed by atoms with van der Waals surface area (Å²) in [5, 5.41) is 16.3. The first-order valence-corrected chi connectivity index (χ1v) is 7.68. The molecule has 1 saturated heterocycles. The molecule has 0 unspecified atom stereocenters. The summed E-state index contributed by atoms with van der Waals surface area (Å²) in [5.41, 5.74) is 4.83. The Morgan fingerprint density at radius 2 is 2.05 bits per heavy atom. The van der Waals surface area contributed by atoms with Crippen LogP contribution in [0.25, 0.3) is 11.1 Å². The second-order valence-corrected chi connectivity index (χ2v) is 5.96. The maximum atomic E-state index is 10.8. The van der Waals surface area contributed by atoms with Crippen LogP contribution in [0.3, 0.4) is 0 Å². The van der Waals surface area contributed by atoms with Crippen LogP contribution in [0.5, 0.6) is 0 Å². The van der Waals surface area contributed by atoms with E-state index in [2.05, 4.69) is 35.3 Å². The van der Waals surface area contributed by atoms with Gasteiger partial charge in [0.2, 0.25) is 0 Å². The van der Waals surface area contributed by atoms with E-state index in [4.69, 9.17) is 5.11 Å². The molecule has 5 nitrogen and oxygen atoms in total. The van der Waals surface area contributed by atoms with E-state index in [1.54, 1.807) is 0 Å². The Morgan fingerprint density at radius 1 is 1.32 bits per heavy atom. The molecule has 2 N–H and O–H groups in total. The van der Waals surface area contributed by atoms with Gasteiger partial charge in [-0.25, -0.2) is 0 Å². The number of piperidine rings is 1. The van der Waals surface area contributed by atoms with Gasteiger partial charge in [-0.2, -0.15) is 5.10 Å². The number of nitrogens with zero attached hydrogens (tertiary/aromatic N) is 2. The van der Waals surface area contributed by atoms with Crippen LogP contribution in [0.4, 0.5) is 0 Å². The van der Waals surface area contributed by atoms with E-state index in [1.165, 1.54) is 22.4 Å². The summed E-state index contributed by atoms with van der Waals surface area (Å²) in [4.78, 5) is 12.8. The highest BCUT2D eigenvalue weighted by molar-refractivity contribution is 5.70. The lowest BCUT2D eigenvalue weighted by Gasteiger charge is -2.30. The van der Waals surface area contributed by atoms with Gasteiger partial charge in [-0.15, -0.1) is 0 Å². The molecule has 0 atom stereocenters. The van der Waals surface area contributed by atoms with Crippen molar-refractivity contribution in [3.8, 4) is 11.1 Å². The van der Waals surface area contributed by atoms with Gasteiger partial charge in [0.15, 0.2) is 0 Å². The van der Waals surface area contributed by atoms with E-state index >= 15 is 0 Å². The highest BCUT2D eigenvalue weighted by atomic mass is 16.4. The van der Waals surface area contributed by atoms with Gasteiger partial charge in [-0.3, -0.25) is 14.8 Å². The molecule has 1 aliphatic heterocycles. The van der Waals surface area contributed by atoms with Crippen LogP contribution in [0.15, 0.2) is 30.5 Å². The number of H-pyrrole nitrogens is 1. The number of carboxylic acids is 1. The summed E-state index contributed by atoms with van der Waals surface area (Å²) >= 11 is 0. The molecule has 2 heterocycles. The molecular weight excluding hydrogens is 278 g/mol. The molecule has 1 aliphatic rings. The summed E-state index contributed by atoms with van der Waals surface area (Å²) < 4.78 is 0. The monoisotopic (exact) mass is 299 g/mol. The first-order valence-electron chi connectivity index (χ1n) is 7.68. The summed E-state index contributed by atoms with van der Waals surface area (Å²) in [6.07, 6.45) is 3.84. The number of likely N-dealkylation sites (tertiary alicyclic amines) is 1. The van der Waals surface area contributed by atoms with E-state index in [-0.39, 0.29) is 6.54 Å².